The van der Waals surface area contributed by atoms with E-state index in [1.54, 1.807) is 6.07 Å². The molecule has 0 aliphatic heterocycles. The summed E-state index contributed by atoms with van der Waals surface area (Å²) in [6.45, 7) is 2.24. The largest absolute Gasteiger partial charge is 0.204 e. The summed E-state index contributed by atoms with van der Waals surface area (Å²) in [6, 6.07) is 4.47. The minimum atomic E-state index is -0.733. The number of rotatable bonds is 7. The Morgan fingerprint density at radius 2 is 1.48 bits per heavy atom. The van der Waals surface area contributed by atoms with Gasteiger partial charge < -0.3 is 0 Å². The molecular weight excluding hydrogens is 338 g/mol. The zero-order chi connectivity index (χ0) is 19.1. The molecular formula is C25H36F2. The molecule has 3 rings (SSSR count). The van der Waals surface area contributed by atoms with Crippen LogP contribution in [-0.4, -0.2) is 0 Å². The van der Waals surface area contributed by atoms with Gasteiger partial charge in [0, 0.05) is 0 Å². The van der Waals surface area contributed by atoms with Crippen molar-refractivity contribution < 1.29 is 8.78 Å². The van der Waals surface area contributed by atoms with Crippen LogP contribution < -0.4 is 0 Å². The zero-order valence-corrected chi connectivity index (χ0v) is 16.9. The Kier molecular flexibility index (Phi) is 7.91. The van der Waals surface area contributed by atoms with E-state index in [4.69, 9.17) is 0 Å². The maximum Gasteiger partial charge on any atom is 0.159 e. The van der Waals surface area contributed by atoms with Gasteiger partial charge >= 0.3 is 0 Å². The molecule has 0 unspecified atom stereocenters. The standard InChI is InChI=1S/C25H36F2/c1-2-3-4-5-19-6-8-20(9-7-19)10-11-21-12-14-22(15-13-21)23-16-17-24(26)25(27)18-23/h4-5,16-22H,2-3,6-15H2,1H3. The summed E-state index contributed by atoms with van der Waals surface area (Å²) in [4.78, 5) is 0. The van der Waals surface area contributed by atoms with Crippen LogP contribution in [0.4, 0.5) is 8.78 Å². The van der Waals surface area contributed by atoms with E-state index in [-0.39, 0.29) is 0 Å². The summed E-state index contributed by atoms with van der Waals surface area (Å²) in [5, 5.41) is 0. The highest BCUT2D eigenvalue weighted by molar-refractivity contribution is 5.22. The SMILES string of the molecule is CCCC=CC1CCC(CCC2CCC(c3ccc(F)c(F)c3)CC2)CC1. The quantitative estimate of drug-likeness (QED) is 0.422. The number of halogens is 2. The van der Waals surface area contributed by atoms with E-state index in [1.165, 1.54) is 76.3 Å². The lowest BCUT2D eigenvalue weighted by molar-refractivity contribution is 0.246. The fourth-order valence-corrected chi connectivity index (χ4v) is 5.15. The van der Waals surface area contributed by atoms with Gasteiger partial charge in [-0.3, -0.25) is 0 Å². The molecule has 2 heteroatoms. The van der Waals surface area contributed by atoms with Gasteiger partial charge in [0.05, 0.1) is 0 Å². The van der Waals surface area contributed by atoms with Crippen LogP contribution >= 0.6 is 0 Å². The first-order valence-electron chi connectivity index (χ1n) is 11.3. The van der Waals surface area contributed by atoms with Crippen molar-refractivity contribution in [3.05, 3.63) is 47.5 Å². The van der Waals surface area contributed by atoms with E-state index in [0.29, 0.717) is 5.92 Å². The summed E-state index contributed by atoms with van der Waals surface area (Å²) < 4.78 is 26.6. The average Bonchev–Trinajstić information content (AvgIpc) is 2.70. The minimum absolute atomic E-state index is 0.418. The highest BCUT2D eigenvalue weighted by atomic mass is 19.2. The van der Waals surface area contributed by atoms with Crippen molar-refractivity contribution in [1.82, 2.24) is 0 Å². The minimum Gasteiger partial charge on any atom is -0.204 e. The summed E-state index contributed by atoms with van der Waals surface area (Å²) in [5.74, 6) is 1.59. The van der Waals surface area contributed by atoms with Gasteiger partial charge in [-0.25, -0.2) is 8.78 Å². The molecule has 0 radical (unpaired) electrons. The molecule has 0 atom stereocenters. The van der Waals surface area contributed by atoms with Crippen molar-refractivity contribution in [2.45, 2.75) is 89.9 Å². The summed E-state index contributed by atoms with van der Waals surface area (Å²) in [5.41, 5.74) is 0.988. The van der Waals surface area contributed by atoms with Crippen LogP contribution in [0.1, 0.15) is 95.5 Å². The number of hydrogen-bond donors (Lipinski definition) is 0. The topological polar surface area (TPSA) is 0 Å². The van der Waals surface area contributed by atoms with Crippen LogP contribution in [0.3, 0.4) is 0 Å². The molecule has 0 saturated heterocycles. The Bertz CT molecular complexity index is 590. The molecule has 1 aromatic carbocycles. The molecule has 2 aliphatic rings. The zero-order valence-electron chi connectivity index (χ0n) is 16.9. The lowest BCUT2D eigenvalue weighted by Crippen LogP contribution is -2.17. The predicted octanol–water partition coefficient (Wildman–Crippen LogP) is 8.18. The molecule has 0 amide bonds. The van der Waals surface area contributed by atoms with Gasteiger partial charge in [-0.15, -0.1) is 0 Å². The third-order valence-corrected chi connectivity index (χ3v) is 7.00. The normalized spacial score (nSPS) is 29.3. The first-order chi connectivity index (χ1) is 13.2. The Balaban J connectivity index is 1.35. The van der Waals surface area contributed by atoms with Gasteiger partial charge in [0.1, 0.15) is 0 Å². The van der Waals surface area contributed by atoms with Gasteiger partial charge in [0.2, 0.25) is 0 Å². The van der Waals surface area contributed by atoms with E-state index in [2.05, 4.69) is 19.1 Å². The van der Waals surface area contributed by atoms with Crippen LogP contribution in [0, 0.1) is 29.4 Å². The number of benzene rings is 1. The molecule has 27 heavy (non-hydrogen) atoms. The first-order valence-corrected chi connectivity index (χ1v) is 11.3. The van der Waals surface area contributed by atoms with E-state index >= 15 is 0 Å². The van der Waals surface area contributed by atoms with Crippen molar-refractivity contribution in [3.8, 4) is 0 Å². The summed E-state index contributed by atoms with van der Waals surface area (Å²) in [7, 11) is 0. The Hall–Kier alpha value is -1.18. The third-order valence-electron chi connectivity index (χ3n) is 7.00. The molecule has 0 bridgehead atoms. The average molecular weight is 375 g/mol. The highest BCUT2D eigenvalue weighted by Gasteiger charge is 2.25. The molecule has 0 heterocycles. The van der Waals surface area contributed by atoms with Crippen molar-refractivity contribution in [2.75, 3.05) is 0 Å². The first kappa shape index (κ1) is 20.6. The van der Waals surface area contributed by atoms with Crippen LogP contribution in [-0.2, 0) is 0 Å². The lowest BCUT2D eigenvalue weighted by atomic mass is 9.74. The van der Waals surface area contributed by atoms with Crippen molar-refractivity contribution in [3.63, 3.8) is 0 Å². The molecule has 2 fully saturated rings. The van der Waals surface area contributed by atoms with Crippen LogP contribution in [0.5, 0.6) is 0 Å². The van der Waals surface area contributed by atoms with Crippen LogP contribution in [0.2, 0.25) is 0 Å². The van der Waals surface area contributed by atoms with E-state index < -0.39 is 11.6 Å². The highest BCUT2D eigenvalue weighted by Crippen LogP contribution is 2.40. The molecule has 2 saturated carbocycles. The Morgan fingerprint density at radius 1 is 0.852 bits per heavy atom. The van der Waals surface area contributed by atoms with Crippen LogP contribution in [0.15, 0.2) is 30.4 Å². The van der Waals surface area contributed by atoms with E-state index in [0.717, 1.165) is 36.2 Å². The fourth-order valence-electron chi connectivity index (χ4n) is 5.15. The fraction of sp³-hybridized carbons (Fsp3) is 0.680. The lowest BCUT2D eigenvalue weighted by Gasteiger charge is -2.31. The van der Waals surface area contributed by atoms with Gasteiger partial charge in [0.15, 0.2) is 11.6 Å². The monoisotopic (exact) mass is 374 g/mol. The van der Waals surface area contributed by atoms with Gasteiger partial charge in [0.25, 0.3) is 0 Å². The molecule has 0 N–H and O–H groups in total. The third kappa shape index (κ3) is 6.16. The van der Waals surface area contributed by atoms with E-state index in [9.17, 15) is 8.78 Å². The van der Waals surface area contributed by atoms with Gasteiger partial charge in [-0.05, 0) is 99.2 Å². The van der Waals surface area contributed by atoms with Crippen LogP contribution in [0.25, 0.3) is 0 Å². The molecule has 0 spiro atoms. The smallest absolute Gasteiger partial charge is 0.159 e. The molecule has 2 aliphatic carbocycles. The van der Waals surface area contributed by atoms with Crippen molar-refractivity contribution >= 4 is 0 Å². The Morgan fingerprint density at radius 3 is 2.07 bits per heavy atom. The summed E-state index contributed by atoms with van der Waals surface area (Å²) in [6.07, 6.45) is 20.4. The second-order valence-electron chi connectivity index (χ2n) is 8.97. The van der Waals surface area contributed by atoms with Gasteiger partial charge in [-0.2, -0.15) is 0 Å². The van der Waals surface area contributed by atoms with Gasteiger partial charge in [-0.1, -0.05) is 44.4 Å². The second-order valence-corrected chi connectivity index (χ2v) is 8.97. The maximum atomic E-state index is 13.5. The molecule has 0 aromatic heterocycles. The molecule has 1 aromatic rings. The van der Waals surface area contributed by atoms with E-state index in [1.807, 2.05) is 0 Å². The maximum absolute atomic E-state index is 13.5. The van der Waals surface area contributed by atoms with Crippen molar-refractivity contribution in [1.29, 1.82) is 0 Å². The molecule has 150 valence electrons. The predicted molar refractivity (Wildman–Crippen MR) is 110 cm³/mol. The number of allylic oxidation sites excluding steroid dienone is 2. The molecule has 0 nitrogen and oxygen atoms in total. The number of hydrogen-bond acceptors (Lipinski definition) is 0. The summed E-state index contributed by atoms with van der Waals surface area (Å²) >= 11 is 0. The second kappa shape index (κ2) is 10.4. The Labute approximate surface area is 164 Å². The number of unbranched alkanes of at least 4 members (excludes halogenated alkanes) is 1. The van der Waals surface area contributed by atoms with Crippen molar-refractivity contribution in [2.24, 2.45) is 17.8 Å².